The number of benzene rings is 1. The first-order valence-electron chi connectivity index (χ1n) is 6.88. The molecule has 2 atom stereocenters. The zero-order chi connectivity index (χ0) is 14.2. The molecule has 2 unspecified atom stereocenters. The molecule has 1 fully saturated rings. The summed E-state index contributed by atoms with van der Waals surface area (Å²) in [5.74, 6) is 0.871. The van der Waals surface area contributed by atoms with Crippen molar-refractivity contribution in [3.05, 3.63) is 29.3 Å². The Balaban J connectivity index is 2.33. The minimum Gasteiger partial charge on any atom is -0.207 e. The van der Waals surface area contributed by atoms with Gasteiger partial charge in [0.05, 0.1) is 4.90 Å². The lowest BCUT2D eigenvalue weighted by molar-refractivity contribution is 0.222. The standard InChI is InChI=1S/C15H23NO2S/c1-11-7-12(2)10-16(9-11)19(17,18)15-6-5-13(3)14(4)8-15/h5-6,8,11-12H,7,9-10H2,1-4H3. The molecule has 0 bridgehead atoms. The average molecular weight is 281 g/mol. The van der Waals surface area contributed by atoms with Gasteiger partial charge in [0.25, 0.3) is 0 Å². The van der Waals surface area contributed by atoms with Crippen LogP contribution in [0.2, 0.25) is 0 Å². The Kier molecular flexibility index (Phi) is 4.02. The molecule has 0 aromatic heterocycles. The van der Waals surface area contributed by atoms with Crippen LogP contribution in [-0.2, 0) is 10.0 Å². The molecule has 0 saturated carbocycles. The second-order valence-corrected chi connectivity index (χ2v) is 7.95. The van der Waals surface area contributed by atoms with Crippen LogP contribution in [0.15, 0.2) is 23.1 Å². The van der Waals surface area contributed by atoms with Crippen molar-refractivity contribution < 1.29 is 8.42 Å². The smallest absolute Gasteiger partial charge is 0.207 e. The van der Waals surface area contributed by atoms with Crippen molar-refractivity contribution in [1.82, 2.24) is 4.31 Å². The van der Waals surface area contributed by atoms with E-state index in [2.05, 4.69) is 13.8 Å². The molecule has 3 nitrogen and oxygen atoms in total. The molecule has 4 heteroatoms. The number of rotatable bonds is 2. The van der Waals surface area contributed by atoms with Crippen LogP contribution in [0.3, 0.4) is 0 Å². The van der Waals surface area contributed by atoms with Crippen molar-refractivity contribution in [3.8, 4) is 0 Å². The lowest BCUT2D eigenvalue weighted by Gasteiger charge is -2.34. The molecule has 1 aromatic carbocycles. The van der Waals surface area contributed by atoms with E-state index in [0.29, 0.717) is 29.8 Å². The number of aryl methyl sites for hydroxylation is 2. The Labute approximate surface area is 116 Å². The number of piperidine rings is 1. The van der Waals surface area contributed by atoms with E-state index in [1.807, 2.05) is 19.9 Å². The van der Waals surface area contributed by atoms with Gasteiger partial charge in [-0.3, -0.25) is 0 Å². The van der Waals surface area contributed by atoms with Crippen LogP contribution in [0.1, 0.15) is 31.4 Å². The molecule has 2 rings (SSSR count). The summed E-state index contributed by atoms with van der Waals surface area (Å²) < 4.78 is 27.0. The van der Waals surface area contributed by atoms with E-state index < -0.39 is 10.0 Å². The van der Waals surface area contributed by atoms with Crippen LogP contribution in [-0.4, -0.2) is 25.8 Å². The van der Waals surface area contributed by atoms with E-state index in [0.717, 1.165) is 17.5 Å². The summed E-state index contributed by atoms with van der Waals surface area (Å²) >= 11 is 0. The van der Waals surface area contributed by atoms with Crippen LogP contribution >= 0.6 is 0 Å². The fourth-order valence-corrected chi connectivity index (χ4v) is 4.59. The molecule has 1 aliphatic heterocycles. The number of nitrogens with zero attached hydrogens (tertiary/aromatic N) is 1. The van der Waals surface area contributed by atoms with Gasteiger partial charge < -0.3 is 0 Å². The summed E-state index contributed by atoms with van der Waals surface area (Å²) in [7, 11) is -3.33. The molecule has 1 aromatic rings. The van der Waals surface area contributed by atoms with Gasteiger partial charge in [-0.25, -0.2) is 8.42 Å². The quantitative estimate of drug-likeness (QED) is 0.835. The van der Waals surface area contributed by atoms with Crippen molar-refractivity contribution in [2.75, 3.05) is 13.1 Å². The number of hydrogen-bond acceptors (Lipinski definition) is 2. The highest BCUT2D eigenvalue weighted by Gasteiger charge is 2.31. The molecule has 19 heavy (non-hydrogen) atoms. The van der Waals surface area contributed by atoms with Crippen molar-refractivity contribution in [1.29, 1.82) is 0 Å². The van der Waals surface area contributed by atoms with Crippen LogP contribution in [0, 0.1) is 25.7 Å². The monoisotopic (exact) mass is 281 g/mol. The SMILES string of the molecule is Cc1ccc(S(=O)(=O)N2CC(C)CC(C)C2)cc1C. The topological polar surface area (TPSA) is 37.4 Å². The molecule has 0 aliphatic carbocycles. The molecular formula is C15H23NO2S. The van der Waals surface area contributed by atoms with Gasteiger partial charge >= 0.3 is 0 Å². The Morgan fingerprint density at radius 2 is 1.63 bits per heavy atom. The minimum absolute atomic E-state index is 0.428. The molecule has 106 valence electrons. The summed E-state index contributed by atoms with van der Waals surface area (Å²) in [6, 6.07) is 5.40. The highest BCUT2D eigenvalue weighted by molar-refractivity contribution is 7.89. The first-order valence-corrected chi connectivity index (χ1v) is 8.32. The van der Waals surface area contributed by atoms with Gasteiger partial charge in [-0.05, 0) is 55.4 Å². The van der Waals surface area contributed by atoms with Crippen molar-refractivity contribution >= 4 is 10.0 Å². The molecule has 0 N–H and O–H groups in total. The van der Waals surface area contributed by atoms with Crippen molar-refractivity contribution in [3.63, 3.8) is 0 Å². The second kappa shape index (κ2) is 5.25. The average Bonchev–Trinajstić information content (AvgIpc) is 2.31. The third kappa shape index (κ3) is 3.00. The second-order valence-electron chi connectivity index (χ2n) is 6.01. The van der Waals surface area contributed by atoms with Crippen LogP contribution in [0.4, 0.5) is 0 Å². The number of hydrogen-bond donors (Lipinski definition) is 0. The predicted octanol–water partition coefficient (Wildman–Crippen LogP) is 2.97. The van der Waals surface area contributed by atoms with Gasteiger partial charge in [0.2, 0.25) is 10.0 Å². The van der Waals surface area contributed by atoms with E-state index in [1.54, 1.807) is 16.4 Å². The molecule has 0 spiro atoms. The van der Waals surface area contributed by atoms with Gasteiger partial charge in [-0.1, -0.05) is 19.9 Å². The molecular weight excluding hydrogens is 258 g/mol. The van der Waals surface area contributed by atoms with Crippen LogP contribution < -0.4 is 0 Å². The Morgan fingerprint density at radius 1 is 1.05 bits per heavy atom. The molecule has 0 radical (unpaired) electrons. The normalized spacial score (nSPS) is 25.5. The third-order valence-corrected chi connectivity index (χ3v) is 5.78. The van der Waals surface area contributed by atoms with Crippen LogP contribution in [0.25, 0.3) is 0 Å². The van der Waals surface area contributed by atoms with Gasteiger partial charge in [-0.15, -0.1) is 0 Å². The Hall–Kier alpha value is -0.870. The van der Waals surface area contributed by atoms with Gasteiger partial charge in [-0.2, -0.15) is 4.31 Å². The summed E-state index contributed by atoms with van der Waals surface area (Å²) in [4.78, 5) is 0.428. The van der Waals surface area contributed by atoms with E-state index in [9.17, 15) is 8.42 Å². The molecule has 1 saturated heterocycles. The fourth-order valence-electron chi connectivity index (χ4n) is 2.83. The first-order chi connectivity index (χ1) is 8.80. The van der Waals surface area contributed by atoms with Crippen molar-refractivity contribution in [2.24, 2.45) is 11.8 Å². The zero-order valence-corrected chi connectivity index (χ0v) is 13.0. The Bertz CT molecular complexity index is 556. The minimum atomic E-state index is -3.33. The van der Waals surface area contributed by atoms with Gasteiger partial charge in [0.15, 0.2) is 0 Å². The van der Waals surface area contributed by atoms with E-state index in [1.165, 1.54) is 0 Å². The maximum atomic E-state index is 12.7. The Morgan fingerprint density at radius 3 is 2.16 bits per heavy atom. The molecule has 0 amide bonds. The zero-order valence-electron chi connectivity index (χ0n) is 12.2. The third-order valence-electron chi connectivity index (χ3n) is 3.95. The van der Waals surface area contributed by atoms with Crippen LogP contribution in [0.5, 0.6) is 0 Å². The molecule has 1 aliphatic rings. The largest absolute Gasteiger partial charge is 0.243 e. The van der Waals surface area contributed by atoms with Gasteiger partial charge in [0, 0.05) is 13.1 Å². The summed E-state index contributed by atoms with van der Waals surface area (Å²) in [5.41, 5.74) is 2.15. The summed E-state index contributed by atoms with van der Waals surface area (Å²) in [6.45, 7) is 9.48. The maximum absolute atomic E-state index is 12.7. The first kappa shape index (κ1) is 14.5. The summed E-state index contributed by atoms with van der Waals surface area (Å²) in [6.07, 6.45) is 1.11. The highest BCUT2D eigenvalue weighted by Crippen LogP contribution is 2.27. The van der Waals surface area contributed by atoms with E-state index in [4.69, 9.17) is 0 Å². The molecule has 1 heterocycles. The number of sulfonamides is 1. The maximum Gasteiger partial charge on any atom is 0.243 e. The summed E-state index contributed by atoms with van der Waals surface area (Å²) in [5, 5.41) is 0. The fraction of sp³-hybridized carbons (Fsp3) is 0.600. The van der Waals surface area contributed by atoms with E-state index >= 15 is 0 Å². The lowest BCUT2D eigenvalue weighted by Crippen LogP contribution is -2.42. The predicted molar refractivity (Wildman–Crippen MR) is 77.6 cm³/mol. The van der Waals surface area contributed by atoms with E-state index in [-0.39, 0.29) is 0 Å². The lowest BCUT2D eigenvalue weighted by atomic mass is 9.94. The van der Waals surface area contributed by atoms with Crippen molar-refractivity contribution in [2.45, 2.75) is 39.0 Å². The van der Waals surface area contributed by atoms with Gasteiger partial charge in [0.1, 0.15) is 0 Å². The highest BCUT2D eigenvalue weighted by atomic mass is 32.2.